The van der Waals surface area contributed by atoms with Gasteiger partial charge in [0.05, 0.1) is 33.5 Å². The summed E-state index contributed by atoms with van der Waals surface area (Å²) in [6.07, 6.45) is 3.95. The summed E-state index contributed by atoms with van der Waals surface area (Å²) in [4.78, 5) is 33.7. The molecule has 48 heavy (non-hydrogen) atoms. The number of thiazole rings is 1. The number of anilines is 1. The predicted octanol–water partition coefficient (Wildman–Crippen LogP) is 6.87. The van der Waals surface area contributed by atoms with Gasteiger partial charge in [0, 0.05) is 34.9 Å². The summed E-state index contributed by atoms with van der Waals surface area (Å²) in [7, 11) is 0. The Balaban J connectivity index is 1.36. The lowest BCUT2D eigenvalue weighted by Crippen LogP contribution is -2.40. The van der Waals surface area contributed by atoms with Crippen molar-refractivity contribution >= 4 is 39.9 Å². The number of nitriles is 1. The number of hydrogen-bond donors (Lipinski definition) is 1. The van der Waals surface area contributed by atoms with E-state index in [0.29, 0.717) is 44.3 Å². The predicted molar refractivity (Wildman–Crippen MR) is 192 cm³/mol. The number of hydrogen-bond acceptors (Lipinski definition) is 5. The van der Waals surface area contributed by atoms with Crippen LogP contribution in [-0.4, -0.2) is 15.0 Å². The first-order valence-electron chi connectivity index (χ1n) is 15.9. The number of amides is 1. The van der Waals surface area contributed by atoms with Gasteiger partial charge in [-0.15, -0.1) is 0 Å². The monoisotopic (exact) mass is 647 g/mol. The molecule has 4 aromatic carbocycles. The number of allylic oxidation sites excluding steroid dienone is 1. The Morgan fingerprint density at radius 3 is 2.44 bits per heavy atom. The van der Waals surface area contributed by atoms with Gasteiger partial charge in [0.2, 0.25) is 0 Å². The number of nitrogens with zero attached hydrogens (tertiary/aromatic N) is 4. The SMILES string of the molecule is CC1=C(C(=O)Nc2ccccc2)[C@H](c2ccc(C(C)C)cc2)n2c(s/c(=C/c3cn(Cc4ccccc4C#N)c4ccccc34)c2=O)=N1. The molecule has 0 unspecified atom stereocenters. The lowest BCUT2D eigenvalue weighted by atomic mass is 9.93. The second kappa shape index (κ2) is 12.8. The van der Waals surface area contributed by atoms with E-state index in [1.165, 1.54) is 16.9 Å². The molecular formula is C40H33N5O2S. The highest BCUT2D eigenvalue weighted by atomic mass is 32.1. The third-order valence-electron chi connectivity index (χ3n) is 8.80. The maximum absolute atomic E-state index is 14.4. The van der Waals surface area contributed by atoms with E-state index < -0.39 is 6.04 Å². The first kappa shape index (κ1) is 30.9. The minimum atomic E-state index is -0.655. The van der Waals surface area contributed by atoms with E-state index in [9.17, 15) is 14.9 Å². The first-order chi connectivity index (χ1) is 23.3. The van der Waals surface area contributed by atoms with Crippen LogP contribution < -0.4 is 20.2 Å². The normalized spacial score (nSPS) is 14.6. The maximum Gasteiger partial charge on any atom is 0.271 e. The summed E-state index contributed by atoms with van der Waals surface area (Å²) in [5, 5.41) is 13.7. The quantitative estimate of drug-likeness (QED) is 0.205. The van der Waals surface area contributed by atoms with E-state index in [1.807, 2.05) is 110 Å². The van der Waals surface area contributed by atoms with Gasteiger partial charge in [-0.1, -0.05) is 104 Å². The zero-order valence-corrected chi connectivity index (χ0v) is 27.7. The van der Waals surface area contributed by atoms with Crippen molar-refractivity contribution in [1.82, 2.24) is 9.13 Å². The minimum absolute atomic E-state index is 0.208. The van der Waals surface area contributed by atoms with Gasteiger partial charge in [0.1, 0.15) is 0 Å². The van der Waals surface area contributed by atoms with Crippen LogP contribution in [0, 0.1) is 11.3 Å². The van der Waals surface area contributed by atoms with Crippen LogP contribution in [0.2, 0.25) is 0 Å². The number of aromatic nitrogens is 2. The third-order valence-corrected chi connectivity index (χ3v) is 9.78. The fraction of sp³-hybridized carbons (Fsp3) is 0.150. The minimum Gasteiger partial charge on any atom is -0.342 e. The van der Waals surface area contributed by atoms with E-state index in [1.54, 1.807) is 4.57 Å². The Bertz CT molecular complexity index is 2440. The molecule has 0 saturated heterocycles. The Kier molecular flexibility index (Phi) is 8.22. The van der Waals surface area contributed by atoms with Crippen LogP contribution in [0.4, 0.5) is 5.69 Å². The smallest absolute Gasteiger partial charge is 0.271 e. The largest absolute Gasteiger partial charge is 0.342 e. The zero-order chi connectivity index (χ0) is 33.4. The molecule has 6 aromatic rings. The zero-order valence-electron chi connectivity index (χ0n) is 26.8. The molecule has 1 N–H and O–H groups in total. The van der Waals surface area contributed by atoms with Gasteiger partial charge in [0.15, 0.2) is 4.80 Å². The van der Waals surface area contributed by atoms with Gasteiger partial charge in [-0.25, -0.2) is 4.99 Å². The third kappa shape index (κ3) is 5.70. The summed E-state index contributed by atoms with van der Waals surface area (Å²) in [6, 6.07) is 34.8. The van der Waals surface area contributed by atoms with Gasteiger partial charge in [0.25, 0.3) is 11.5 Å². The molecule has 1 atom stereocenters. The molecule has 0 fully saturated rings. The van der Waals surface area contributed by atoms with E-state index >= 15 is 0 Å². The number of rotatable bonds is 7. The molecule has 1 aliphatic heterocycles. The average Bonchev–Trinajstić information content (AvgIpc) is 3.60. The topological polar surface area (TPSA) is 92.2 Å². The molecule has 8 heteroatoms. The van der Waals surface area contributed by atoms with Gasteiger partial charge in [-0.2, -0.15) is 5.26 Å². The lowest BCUT2D eigenvalue weighted by Gasteiger charge is -2.25. The van der Waals surface area contributed by atoms with E-state index in [2.05, 4.69) is 41.9 Å². The van der Waals surface area contributed by atoms with Crippen LogP contribution in [0.15, 0.2) is 130 Å². The Labute approximate surface area is 282 Å². The summed E-state index contributed by atoms with van der Waals surface area (Å²) >= 11 is 1.32. The van der Waals surface area contributed by atoms with Crippen LogP contribution >= 0.6 is 11.3 Å². The van der Waals surface area contributed by atoms with E-state index in [0.717, 1.165) is 27.6 Å². The molecular weight excluding hydrogens is 615 g/mol. The van der Waals surface area contributed by atoms with Crippen molar-refractivity contribution in [1.29, 1.82) is 5.26 Å². The number of nitrogens with one attached hydrogen (secondary N) is 1. The number of carbonyl (C=O) groups is 1. The molecule has 0 saturated carbocycles. The van der Waals surface area contributed by atoms with Gasteiger partial charge >= 0.3 is 0 Å². The fourth-order valence-corrected chi connectivity index (χ4v) is 7.36. The number of carbonyl (C=O) groups excluding carboxylic acids is 1. The molecule has 0 bridgehead atoms. The van der Waals surface area contributed by atoms with Gasteiger partial charge in [-0.05, 0) is 59.9 Å². The molecule has 7 rings (SSSR count). The first-order valence-corrected chi connectivity index (χ1v) is 16.7. The van der Waals surface area contributed by atoms with Crippen LogP contribution in [0.1, 0.15) is 60.5 Å². The fourth-order valence-electron chi connectivity index (χ4n) is 6.32. The van der Waals surface area contributed by atoms with Gasteiger partial charge < -0.3 is 9.88 Å². The Hall–Kier alpha value is -5.78. The van der Waals surface area contributed by atoms with Crippen LogP contribution in [0.3, 0.4) is 0 Å². The molecule has 1 aliphatic rings. The summed E-state index contributed by atoms with van der Waals surface area (Å²) in [5.41, 5.74) is 6.93. The number of benzene rings is 4. The maximum atomic E-state index is 14.4. The highest BCUT2D eigenvalue weighted by Crippen LogP contribution is 2.32. The molecule has 3 heterocycles. The van der Waals surface area contributed by atoms with Crippen LogP contribution in [0.25, 0.3) is 17.0 Å². The van der Waals surface area contributed by atoms with Crippen molar-refractivity contribution in [2.75, 3.05) is 5.32 Å². The van der Waals surface area contributed by atoms with Crippen molar-refractivity contribution in [2.24, 2.45) is 4.99 Å². The van der Waals surface area contributed by atoms with Crippen molar-refractivity contribution in [3.63, 3.8) is 0 Å². The average molecular weight is 648 g/mol. The lowest BCUT2D eigenvalue weighted by molar-refractivity contribution is -0.113. The van der Waals surface area contributed by atoms with Crippen molar-refractivity contribution in [3.05, 3.63) is 168 Å². The highest BCUT2D eigenvalue weighted by Gasteiger charge is 2.32. The molecule has 1 amide bonds. The molecule has 0 radical (unpaired) electrons. The second-order valence-corrected chi connectivity index (χ2v) is 13.2. The summed E-state index contributed by atoms with van der Waals surface area (Å²) in [6.45, 7) is 6.63. The van der Waals surface area contributed by atoms with Crippen molar-refractivity contribution in [3.8, 4) is 6.07 Å². The molecule has 236 valence electrons. The van der Waals surface area contributed by atoms with Crippen molar-refractivity contribution < 1.29 is 4.79 Å². The van der Waals surface area contributed by atoms with E-state index in [-0.39, 0.29) is 11.5 Å². The number of fused-ring (bicyclic) bond motifs is 2. The van der Waals surface area contributed by atoms with Crippen LogP contribution in [0.5, 0.6) is 0 Å². The Morgan fingerprint density at radius 1 is 0.979 bits per heavy atom. The van der Waals surface area contributed by atoms with Crippen LogP contribution in [-0.2, 0) is 11.3 Å². The highest BCUT2D eigenvalue weighted by molar-refractivity contribution is 7.07. The molecule has 0 spiro atoms. The second-order valence-electron chi connectivity index (χ2n) is 12.2. The van der Waals surface area contributed by atoms with Gasteiger partial charge in [-0.3, -0.25) is 14.2 Å². The summed E-state index contributed by atoms with van der Waals surface area (Å²) < 4.78 is 4.30. The van der Waals surface area contributed by atoms with Crippen molar-refractivity contribution in [2.45, 2.75) is 39.3 Å². The van der Waals surface area contributed by atoms with E-state index in [4.69, 9.17) is 4.99 Å². The Morgan fingerprint density at radius 2 is 1.69 bits per heavy atom. The standard InChI is InChI=1S/C40H33N5O2S/c1-25(2)27-17-19-28(20-18-27)37-36(38(46)43-32-13-5-4-6-14-32)26(3)42-40-45(37)39(47)35(48-40)21-31-24-44(34-16-10-9-15-33(31)34)23-30-12-8-7-11-29(30)22-41/h4-21,24-25,37H,23H2,1-3H3,(H,43,46)/b35-21+/t37-/m0/s1. The molecule has 2 aromatic heterocycles. The summed E-state index contributed by atoms with van der Waals surface area (Å²) in [5.74, 6) is 0.0464. The molecule has 7 nitrogen and oxygen atoms in total. The molecule has 0 aliphatic carbocycles. The number of para-hydroxylation sites is 2.